The summed E-state index contributed by atoms with van der Waals surface area (Å²) < 4.78 is 2.31. The van der Waals surface area contributed by atoms with Crippen LogP contribution in [0.4, 0.5) is 0 Å². The zero-order valence-electron chi connectivity index (χ0n) is 12.6. The Morgan fingerprint density at radius 3 is 2.11 bits per heavy atom. The predicted octanol–water partition coefficient (Wildman–Crippen LogP) is 2.90. The predicted molar refractivity (Wildman–Crippen MR) is 88.1 cm³/mol. The summed E-state index contributed by atoms with van der Waals surface area (Å²) in [6.45, 7) is 11.1. The topological polar surface area (TPSA) is 32.7 Å². The molecule has 0 spiro atoms. The van der Waals surface area contributed by atoms with Gasteiger partial charge in [-0.05, 0) is 6.92 Å². The fraction of sp³-hybridized carbons (Fsp3) is 0.429. The second kappa shape index (κ2) is 7.40. The molecule has 0 radical (unpaired) electrons. The zero-order chi connectivity index (χ0) is 14.4. The molecule has 0 aliphatic heterocycles. The maximum atomic E-state index is 12.1. The molecular weight excluding hydrogens is 268 g/mol. The number of carbonyl (C=O) groups is 1. The largest absolute Gasteiger partial charge is 0.355 e. The first-order valence-corrected chi connectivity index (χ1v) is 12.5. The summed E-state index contributed by atoms with van der Waals surface area (Å²) in [6, 6.07) is 9.44. The van der Waals surface area contributed by atoms with Gasteiger partial charge < -0.3 is 4.34 Å². The normalized spacial score (nSPS) is 12.1. The molecule has 0 saturated heterocycles. The van der Waals surface area contributed by atoms with Gasteiger partial charge in [-0.2, -0.15) is 0 Å². The van der Waals surface area contributed by atoms with E-state index in [1.165, 1.54) is 0 Å². The van der Waals surface area contributed by atoms with E-state index in [1.807, 2.05) is 37.3 Å². The first kappa shape index (κ1) is 15.8. The SMILES string of the molecule is CC(CC(=O)c1ccccc1)=NN([SiH](C)C)[SiH](C)C. The number of Topliss-reactive ketones (excluding diaryl/α,β-unsaturated/α-hetero) is 1. The molecule has 3 nitrogen and oxygen atoms in total. The third kappa shape index (κ3) is 5.12. The molecule has 0 aliphatic rings. The minimum Gasteiger partial charge on any atom is -0.355 e. The number of ketones is 1. The Morgan fingerprint density at radius 2 is 1.63 bits per heavy atom. The van der Waals surface area contributed by atoms with E-state index in [2.05, 4.69) is 30.5 Å². The lowest BCUT2D eigenvalue weighted by molar-refractivity contribution is 0.100. The molecule has 0 aromatic heterocycles. The second-order valence-electron chi connectivity index (χ2n) is 5.37. The highest BCUT2D eigenvalue weighted by atomic mass is 28.3. The van der Waals surface area contributed by atoms with Crippen LogP contribution in [0.3, 0.4) is 0 Å². The average Bonchev–Trinajstić information content (AvgIpc) is 2.36. The Kier molecular flexibility index (Phi) is 6.17. The van der Waals surface area contributed by atoms with Crippen LogP contribution in [0.2, 0.25) is 26.2 Å². The van der Waals surface area contributed by atoms with E-state index in [-0.39, 0.29) is 5.78 Å². The highest BCUT2D eigenvalue weighted by Crippen LogP contribution is 2.07. The van der Waals surface area contributed by atoms with Crippen LogP contribution in [0.1, 0.15) is 23.7 Å². The second-order valence-corrected chi connectivity index (χ2v) is 11.4. The molecular formula is C14H24N2OSi2. The van der Waals surface area contributed by atoms with Gasteiger partial charge in [-0.3, -0.25) is 4.79 Å². The zero-order valence-corrected chi connectivity index (χ0v) is 14.9. The van der Waals surface area contributed by atoms with E-state index in [0.29, 0.717) is 6.42 Å². The molecule has 0 amide bonds. The standard InChI is InChI=1S/C14H24N2OSi2/c1-12(15-16(18(2)3)19(4)5)11-14(17)13-9-7-6-8-10-13/h6-10,18-19H,11H2,1-5H3. The Bertz CT molecular complexity index is 436. The van der Waals surface area contributed by atoms with Crippen LogP contribution in [0.25, 0.3) is 0 Å². The minimum absolute atomic E-state index is 0.151. The number of hydrogen-bond acceptors (Lipinski definition) is 3. The van der Waals surface area contributed by atoms with Gasteiger partial charge in [0.15, 0.2) is 5.78 Å². The molecule has 0 saturated carbocycles. The number of carbonyl (C=O) groups excluding carboxylic acids is 1. The summed E-state index contributed by atoms with van der Waals surface area (Å²) in [4.78, 5) is 12.1. The smallest absolute Gasteiger partial charge is 0.168 e. The van der Waals surface area contributed by atoms with Crippen molar-refractivity contribution in [3.63, 3.8) is 0 Å². The third-order valence-electron chi connectivity index (χ3n) is 2.86. The van der Waals surface area contributed by atoms with Crippen LogP contribution in [0.15, 0.2) is 35.4 Å². The lowest BCUT2D eigenvalue weighted by atomic mass is 10.1. The molecule has 1 rings (SSSR count). The fourth-order valence-corrected chi connectivity index (χ4v) is 7.64. The Hall–Kier alpha value is -1.21. The quantitative estimate of drug-likeness (QED) is 0.349. The van der Waals surface area contributed by atoms with Gasteiger partial charge in [0.1, 0.15) is 17.9 Å². The van der Waals surface area contributed by atoms with Crippen molar-refractivity contribution in [3.05, 3.63) is 35.9 Å². The van der Waals surface area contributed by atoms with E-state index >= 15 is 0 Å². The van der Waals surface area contributed by atoms with Gasteiger partial charge in [-0.25, -0.2) is 5.10 Å². The van der Waals surface area contributed by atoms with Crippen molar-refractivity contribution < 1.29 is 4.79 Å². The Morgan fingerprint density at radius 1 is 1.11 bits per heavy atom. The number of hydrogen-bond donors (Lipinski definition) is 0. The number of hydrazone groups is 1. The summed E-state index contributed by atoms with van der Waals surface area (Å²) in [5.41, 5.74) is 1.70. The minimum atomic E-state index is -0.922. The van der Waals surface area contributed by atoms with Gasteiger partial charge in [0.05, 0.1) is 6.42 Å². The van der Waals surface area contributed by atoms with Crippen molar-refractivity contribution in [2.75, 3.05) is 0 Å². The summed E-state index contributed by atoms with van der Waals surface area (Å²) >= 11 is 0. The lowest BCUT2D eigenvalue weighted by Gasteiger charge is -2.27. The van der Waals surface area contributed by atoms with Crippen LogP contribution in [-0.4, -0.2) is 33.8 Å². The average molecular weight is 293 g/mol. The van der Waals surface area contributed by atoms with E-state index in [4.69, 9.17) is 5.10 Å². The molecule has 1 aromatic rings. The van der Waals surface area contributed by atoms with Crippen molar-refractivity contribution in [1.82, 2.24) is 4.34 Å². The van der Waals surface area contributed by atoms with Crippen LogP contribution < -0.4 is 0 Å². The Balaban J connectivity index is 2.73. The molecule has 0 fully saturated rings. The fourth-order valence-electron chi connectivity index (χ4n) is 2.02. The molecule has 0 bridgehead atoms. The highest BCUT2D eigenvalue weighted by Gasteiger charge is 2.14. The molecule has 0 N–H and O–H groups in total. The number of benzene rings is 1. The molecule has 0 atom stereocenters. The van der Waals surface area contributed by atoms with Gasteiger partial charge in [0, 0.05) is 11.3 Å². The summed E-state index contributed by atoms with van der Waals surface area (Å²) in [7, 11) is -1.84. The molecule has 0 aliphatic carbocycles. The molecule has 19 heavy (non-hydrogen) atoms. The van der Waals surface area contributed by atoms with Crippen LogP contribution in [0, 0.1) is 0 Å². The first-order chi connectivity index (χ1) is 8.91. The van der Waals surface area contributed by atoms with E-state index < -0.39 is 17.9 Å². The number of nitrogens with zero attached hydrogens (tertiary/aromatic N) is 2. The van der Waals surface area contributed by atoms with E-state index in [1.54, 1.807) is 0 Å². The van der Waals surface area contributed by atoms with Gasteiger partial charge in [0.2, 0.25) is 0 Å². The van der Waals surface area contributed by atoms with Crippen LogP contribution >= 0.6 is 0 Å². The molecule has 104 valence electrons. The number of rotatable bonds is 6. The van der Waals surface area contributed by atoms with Crippen molar-refractivity contribution in [2.24, 2.45) is 5.10 Å². The molecule has 0 heterocycles. The highest BCUT2D eigenvalue weighted by molar-refractivity contribution is 6.69. The molecule has 5 heteroatoms. The molecule has 0 unspecified atom stereocenters. The van der Waals surface area contributed by atoms with Gasteiger partial charge in [-0.15, -0.1) is 0 Å². The van der Waals surface area contributed by atoms with Gasteiger partial charge >= 0.3 is 0 Å². The van der Waals surface area contributed by atoms with Crippen LogP contribution in [0.5, 0.6) is 0 Å². The maximum absolute atomic E-state index is 12.1. The summed E-state index contributed by atoms with van der Waals surface area (Å²) in [5, 5.41) is 4.69. The first-order valence-electron chi connectivity index (χ1n) is 6.82. The molecule has 1 aromatic carbocycles. The van der Waals surface area contributed by atoms with E-state index in [9.17, 15) is 4.79 Å². The third-order valence-corrected chi connectivity index (χ3v) is 8.78. The van der Waals surface area contributed by atoms with Gasteiger partial charge in [0.25, 0.3) is 0 Å². The summed E-state index contributed by atoms with van der Waals surface area (Å²) in [5.74, 6) is 0.151. The summed E-state index contributed by atoms with van der Waals surface area (Å²) in [6.07, 6.45) is 0.419. The van der Waals surface area contributed by atoms with Crippen molar-refractivity contribution in [3.8, 4) is 0 Å². The van der Waals surface area contributed by atoms with Crippen LogP contribution in [-0.2, 0) is 0 Å². The lowest BCUT2D eigenvalue weighted by Crippen LogP contribution is -2.39. The monoisotopic (exact) mass is 292 g/mol. The van der Waals surface area contributed by atoms with Crippen molar-refractivity contribution in [2.45, 2.75) is 39.5 Å². The Labute approximate surface area is 119 Å². The van der Waals surface area contributed by atoms with Gasteiger partial charge in [-0.1, -0.05) is 56.5 Å². The van der Waals surface area contributed by atoms with Crippen molar-refractivity contribution >= 4 is 29.4 Å². The van der Waals surface area contributed by atoms with E-state index in [0.717, 1.165) is 11.3 Å². The maximum Gasteiger partial charge on any atom is 0.168 e. The van der Waals surface area contributed by atoms with Crippen molar-refractivity contribution in [1.29, 1.82) is 0 Å².